The van der Waals surface area contributed by atoms with Gasteiger partial charge in [-0.3, -0.25) is 4.79 Å². The van der Waals surface area contributed by atoms with Crippen LogP contribution in [0, 0.1) is 0 Å². The Morgan fingerprint density at radius 2 is 1.94 bits per heavy atom. The van der Waals surface area contributed by atoms with Crippen molar-refractivity contribution in [2.45, 2.75) is 6.42 Å². The molecule has 6 nitrogen and oxygen atoms in total. The maximum atomic E-state index is 10.7. The summed E-state index contributed by atoms with van der Waals surface area (Å²) in [7, 11) is 0. The van der Waals surface area contributed by atoms with Crippen molar-refractivity contribution < 1.29 is 20.1 Å². The number of pyridine rings is 1. The summed E-state index contributed by atoms with van der Waals surface area (Å²) >= 11 is 0. The van der Waals surface area contributed by atoms with Crippen molar-refractivity contribution in [2.75, 3.05) is 31.2 Å². The van der Waals surface area contributed by atoms with Gasteiger partial charge in [0.25, 0.3) is 0 Å². The van der Waals surface area contributed by atoms with Gasteiger partial charge < -0.3 is 20.2 Å². The molecule has 3 N–H and O–H groups in total. The fraction of sp³-hybridized carbons (Fsp3) is 0.455. The van der Waals surface area contributed by atoms with Crippen LogP contribution in [0.15, 0.2) is 18.3 Å². The number of aromatic nitrogens is 1. The molecule has 0 atom stereocenters. The Kier molecular flexibility index (Phi) is 5.38. The second kappa shape index (κ2) is 6.82. The summed E-state index contributed by atoms with van der Waals surface area (Å²) in [4.78, 5) is 16.5. The second-order valence-corrected chi connectivity index (χ2v) is 3.49. The minimum atomic E-state index is -0.938. The number of carboxylic acid groups (broad SMARTS) is 1. The molecule has 0 aliphatic rings. The van der Waals surface area contributed by atoms with Crippen LogP contribution >= 0.6 is 0 Å². The highest BCUT2D eigenvalue weighted by atomic mass is 16.4. The molecule has 6 heteroatoms. The van der Waals surface area contributed by atoms with Crippen LogP contribution in [0.3, 0.4) is 0 Å². The van der Waals surface area contributed by atoms with E-state index in [4.69, 9.17) is 15.3 Å². The third kappa shape index (κ3) is 4.01. The number of hydrogen-bond acceptors (Lipinski definition) is 5. The molecule has 0 aliphatic carbocycles. The Labute approximate surface area is 99.1 Å². The molecule has 0 bridgehead atoms. The lowest BCUT2D eigenvalue weighted by molar-refractivity contribution is -0.136. The molecule has 0 spiro atoms. The van der Waals surface area contributed by atoms with Crippen molar-refractivity contribution >= 4 is 11.8 Å². The minimum absolute atomic E-state index is 0.0803. The fourth-order valence-corrected chi connectivity index (χ4v) is 1.58. The number of aliphatic hydroxyl groups excluding tert-OH is 2. The van der Waals surface area contributed by atoms with Gasteiger partial charge in [-0.25, -0.2) is 4.98 Å². The standard InChI is InChI=1S/C11H16N2O4/c14-6-4-13(5-7-15)11-9(8-10(16)17)2-1-3-12-11/h1-3,14-15H,4-8H2,(H,16,17). The van der Waals surface area contributed by atoms with Gasteiger partial charge in [0.15, 0.2) is 0 Å². The fourth-order valence-electron chi connectivity index (χ4n) is 1.58. The molecule has 0 radical (unpaired) electrons. The lowest BCUT2D eigenvalue weighted by Gasteiger charge is -2.23. The molecule has 1 rings (SSSR count). The van der Waals surface area contributed by atoms with E-state index in [0.29, 0.717) is 24.5 Å². The molecule has 0 saturated carbocycles. The maximum absolute atomic E-state index is 10.7. The lowest BCUT2D eigenvalue weighted by Crippen LogP contribution is -2.31. The molecule has 0 aromatic carbocycles. The first kappa shape index (κ1) is 13.4. The molecule has 0 amide bonds. The Balaban J connectivity index is 2.95. The predicted molar refractivity (Wildman–Crippen MR) is 62.0 cm³/mol. The molecule has 0 saturated heterocycles. The Morgan fingerprint density at radius 3 is 2.47 bits per heavy atom. The van der Waals surface area contributed by atoms with Gasteiger partial charge in [0.2, 0.25) is 0 Å². The van der Waals surface area contributed by atoms with E-state index in [0.717, 1.165) is 0 Å². The van der Waals surface area contributed by atoms with Gasteiger partial charge in [-0.05, 0) is 6.07 Å². The molecule has 1 aromatic rings. The van der Waals surface area contributed by atoms with Crippen LogP contribution in [-0.2, 0) is 11.2 Å². The van der Waals surface area contributed by atoms with Crippen molar-refractivity contribution in [2.24, 2.45) is 0 Å². The third-order valence-corrected chi connectivity index (χ3v) is 2.25. The SMILES string of the molecule is O=C(O)Cc1cccnc1N(CCO)CCO. The van der Waals surface area contributed by atoms with Crippen molar-refractivity contribution in [3.63, 3.8) is 0 Å². The van der Waals surface area contributed by atoms with Crippen molar-refractivity contribution in [3.05, 3.63) is 23.9 Å². The van der Waals surface area contributed by atoms with E-state index >= 15 is 0 Å². The Hall–Kier alpha value is -1.66. The zero-order valence-electron chi connectivity index (χ0n) is 9.41. The molecule has 0 unspecified atom stereocenters. The molecule has 94 valence electrons. The van der Waals surface area contributed by atoms with Crippen molar-refractivity contribution in [3.8, 4) is 0 Å². The van der Waals surface area contributed by atoms with E-state index in [1.54, 1.807) is 23.2 Å². The van der Waals surface area contributed by atoms with Gasteiger partial charge in [0, 0.05) is 24.8 Å². The quantitative estimate of drug-likeness (QED) is 0.595. The summed E-state index contributed by atoms with van der Waals surface area (Å²) < 4.78 is 0. The molecule has 17 heavy (non-hydrogen) atoms. The highest BCUT2D eigenvalue weighted by molar-refractivity contribution is 5.72. The third-order valence-electron chi connectivity index (χ3n) is 2.25. The van der Waals surface area contributed by atoms with Crippen molar-refractivity contribution in [1.29, 1.82) is 0 Å². The van der Waals surface area contributed by atoms with Crippen LogP contribution < -0.4 is 4.90 Å². The average Bonchev–Trinajstić information content (AvgIpc) is 2.29. The van der Waals surface area contributed by atoms with Gasteiger partial charge in [-0.2, -0.15) is 0 Å². The largest absolute Gasteiger partial charge is 0.481 e. The number of hydrogen-bond donors (Lipinski definition) is 3. The number of nitrogens with zero attached hydrogens (tertiary/aromatic N) is 2. The number of aliphatic hydroxyl groups is 2. The summed E-state index contributed by atoms with van der Waals surface area (Å²) in [5, 5.41) is 26.6. The zero-order chi connectivity index (χ0) is 12.7. The zero-order valence-corrected chi connectivity index (χ0v) is 9.41. The first-order chi connectivity index (χ1) is 8.19. The molecule has 0 aliphatic heterocycles. The first-order valence-electron chi connectivity index (χ1n) is 5.31. The van der Waals surface area contributed by atoms with Gasteiger partial charge >= 0.3 is 5.97 Å². The average molecular weight is 240 g/mol. The maximum Gasteiger partial charge on any atom is 0.307 e. The molecule has 1 heterocycles. The topological polar surface area (TPSA) is 93.9 Å². The Bertz CT molecular complexity index is 364. The number of aliphatic carboxylic acids is 1. The summed E-state index contributed by atoms with van der Waals surface area (Å²) in [5.74, 6) is -0.440. The van der Waals surface area contributed by atoms with E-state index in [1.807, 2.05) is 0 Å². The van der Waals surface area contributed by atoms with Crippen molar-refractivity contribution in [1.82, 2.24) is 4.98 Å². The molecular formula is C11H16N2O4. The van der Waals surface area contributed by atoms with Crippen LogP contribution in [-0.4, -0.2) is 52.6 Å². The number of anilines is 1. The van der Waals surface area contributed by atoms with Crippen LogP contribution in [0.1, 0.15) is 5.56 Å². The van der Waals surface area contributed by atoms with E-state index < -0.39 is 5.97 Å². The predicted octanol–water partition coefficient (Wildman–Crippen LogP) is -0.500. The smallest absolute Gasteiger partial charge is 0.307 e. The number of rotatable bonds is 7. The normalized spacial score (nSPS) is 10.2. The molecule has 1 aromatic heterocycles. The minimum Gasteiger partial charge on any atom is -0.481 e. The molecular weight excluding hydrogens is 224 g/mol. The highest BCUT2D eigenvalue weighted by Crippen LogP contribution is 2.17. The lowest BCUT2D eigenvalue weighted by atomic mass is 10.2. The number of carbonyl (C=O) groups is 1. The van der Waals surface area contributed by atoms with Crippen LogP contribution in [0.5, 0.6) is 0 Å². The van der Waals surface area contributed by atoms with Gasteiger partial charge in [0.05, 0.1) is 19.6 Å². The van der Waals surface area contributed by atoms with E-state index in [9.17, 15) is 4.79 Å². The van der Waals surface area contributed by atoms with E-state index in [1.165, 1.54) is 0 Å². The summed E-state index contributed by atoms with van der Waals surface area (Å²) in [6, 6.07) is 3.34. The van der Waals surface area contributed by atoms with Crippen LogP contribution in [0.2, 0.25) is 0 Å². The summed E-state index contributed by atoms with van der Waals surface area (Å²) in [5.41, 5.74) is 0.571. The highest BCUT2D eigenvalue weighted by Gasteiger charge is 2.13. The van der Waals surface area contributed by atoms with Gasteiger partial charge in [0.1, 0.15) is 5.82 Å². The first-order valence-corrected chi connectivity index (χ1v) is 5.31. The van der Waals surface area contributed by atoms with Gasteiger partial charge in [-0.15, -0.1) is 0 Å². The Morgan fingerprint density at radius 1 is 1.29 bits per heavy atom. The number of carboxylic acids is 1. The second-order valence-electron chi connectivity index (χ2n) is 3.49. The van der Waals surface area contributed by atoms with E-state index in [-0.39, 0.29) is 19.6 Å². The summed E-state index contributed by atoms with van der Waals surface area (Å²) in [6.45, 7) is 0.459. The summed E-state index contributed by atoms with van der Waals surface area (Å²) in [6.07, 6.45) is 1.43. The van der Waals surface area contributed by atoms with E-state index in [2.05, 4.69) is 4.98 Å². The van der Waals surface area contributed by atoms with Crippen LogP contribution in [0.25, 0.3) is 0 Å². The monoisotopic (exact) mass is 240 g/mol. The van der Waals surface area contributed by atoms with Crippen LogP contribution in [0.4, 0.5) is 5.82 Å². The molecule has 0 fully saturated rings. The van der Waals surface area contributed by atoms with Gasteiger partial charge in [-0.1, -0.05) is 6.07 Å².